The van der Waals surface area contributed by atoms with Crippen molar-refractivity contribution >= 4 is 33.2 Å². The average molecular weight is 444 g/mol. The number of aromatic nitrogens is 1. The third-order valence-electron chi connectivity index (χ3n) is 4.48. The zero-order valence-corrected chi connectivity index (χ0v) is 16.7. The smallest absolute Gasteiger partial charge is 0.356 e. The number of halogens is 3. The van der Waals surface area contributed by atoms with Crippen molar-refractivity contribution in [1.29, 1.82) is 0 Å². The molecule has 30 heavy (non-hydrogen) atoms. The molecule has 0 unspecified atom stereocenters. The molecule has 0 saturated carbocycles. The lowest BCUT2D eigenvalue weighted by Crippen LogP contribution is -2.27. The van der Waals surface area contributed by atoms with E-state index in [4.69, 9.17) is 0 Å². The van der Waals surface area contributed by atoms with Crippen LogP contribution in [-0.2, 0) is 21.0 Å². The number of carbonyl (C=O) groups is 2. The van der Waals surface area contributed by atoms with E-state index < -0.39 is 33.4 Å². The summed E-state index contributed by atoms with van der Waals surface area (Å²) < 4.78 is 67.4. The molecule has 2 amide bonds. The molecule has 3 rings (SSSR count). The van der Waals surface area contributed by atoms with Gasteiger partial charge in [-0.15, -0.1) is 0 Å². The summed E-state index contributed by atoms with van der Waals surface area (Å²) in [5.74, 6) is -0.941. The summed E-state index contributed by atoms with van der Waals surface area (Å²) in [4.78, 5) is 27.2. The highest BCUT2D eigenvalue weighted by atomic mass is 32.2. The Labute approximate surface area is 170 Å². The van der Waals surface area contributed by atoms with Gasteiger partial charge in [0.1, 0.15) is 10.6 Å². The number of nitrogens with zero attached hydrogens (tertiary/aromatic N) is 1. The zero-order chi connectivity index (χ0) is 22.1. The van der Waals surface area contributed by atoms with Crippen LogP contribution in [0.15, 0.2) is 35.4 Å². The Morgan fingerprint density at radius 1 is 1.13 bits per heavy atom. The molecule has 162 valence electrons. The standard InChI is InChI=1S/C18H19F3N4O4S/c1-11(26)23-12-4-5-15(14(8-12)18(19,20)21)24-30(28,29)13-9-16(22-10-13)17(27)25-6-2-3-7-25/h4-5,8-10,22,24H,2-3,6-7H2,1H3,(H,23,26). The third kappa shape index (κ3) is 4.75. The molecule has 12 heteroatoms. The second-order valence-corrected chi connectivity index (χ2v) is 8.48. The fourth-order valence-electron chi connectivity index (χ4n) is 3.10. The lowest BCUT2D eigenvalue weighted by Gasteiger charge is -2.16. The van der Waals surface area contributed by atoms with Crippen LogP contribution in [0.1, 0.15) is 35.8 Å². The van der Waals surface area contributed by atoms with E-state index in [9.17, 15) is 31.2 Å². The van der Waals surface area contributed by atoms with Crippen molar-refractivity contribution in [2.75, 3.05) is 23.1 Å². The van der Waals surface area contributed by atoms with Gasteiger partial charge < -0.3 is 15.2 Å². The van der Waals surface area contributed by atoms with Crippen LogP contribution in [-0.4, -0.2) is 43.2 Å². The topological polar surface area (TPSA) is 111 Å². The number of hydrogen-bond acceptors (Lipinski definition) is 4. The Bertz CT molecular complexity index is 1070. The summed E-state index contributed by atoms with van der Waals surface area (Å²) in [6.07, 6.45) is -2.12. The highest BCUT2D eigenvalue weighted by Gasteiger charge is 2.35. The predicted octanol–water partition coefficient (Wildman–Crippen LogP) is 3.03. The number of sulfonamides is 1. The molecule has 0 radical (unpaired) electrons. The van der Waals surface area contributed by atoms with E-state index in [0.29, 0.717) is 19.2 Å². The monoisotopic (exact) mass is 444 g/mol. The van der Waals surface area contributed by atoms with Crippen LogP contribution in [0.4, 0.5) is 24.5 Å². The van der Waals surface area contributed by atoms with Crippen molar-refractivity contribution in [3.8, 4) is 0 Å². The molecule has 0 atom stereocenters. The predicted molar refractivity (Wildman–Crippen MR) is 102 cm³/mol. The number of alkyl halides is 3. The van der Waals surface area contributed by atoms with E-state index >= 15 is 0 Å². The lowest BCUT2D eigenvalue weighted by atomic mass is 10.1. The maximum Gasteiger partial charge on any atom is 0.418 e. The van der Waals surface area contributed by atoms with Gasteiger partial charge in [-0.2, -0.15) is 13.2 Å². The number of anilines is 2. The van der Waals surface area contributed by atoms with Gasteiger partial charge >= 0.3 is 6.18 Å². The van der Waals surface area contributed by atoms with Crippen molar-refractivity contribution in [2.24, 2.45) is 0 Å². The van der Waals surface area contributed by atoms with Crippen LogP contribution in [0.2, 0.25) is 0 Å². The molecule has 2 aromatic rings. The first kappa shape index (κ1) is 21.7. The highest BCUT2D eigenvalue weighted by molar-refractivity contribution is 7.92. The first-order chi connectivity index (χ1) is 14.0. The first-order valence-electron chi connectivity index (χ1n) is 8.97. The number of carbonyl (C=O) groups excluding carboxylic acids is 2. The van der Waals surface area contributed by atoms with E-state index in [1.54, 1.807) is 4.90 Å². The van der Waals surface area contributed by atoms with Crippen molar-refractivity contribution in [3.63, 3.8) is 0 Å². The summed E-state index contributed by atoms with van der Waals surface area (Å²) in [5, 5.41) is 2.22. The second-order valence-electron chi connectivity index (χ2n) is 6.79. The van der Waals surface area contributed by atoms with Crippen LogP contribution in [0.5, 0.6) is 0 Å². The van der Waals surface area contributed by atoms with Crippen LogP contribution < -0.4 is 10.0 Å². The normalized spacial score (nSPS) is 14.6. The zero-order valence-electron chi connectivity index (χ0n) is 15.8. The summed E-state index contributed by atoms with van der Waals surface area (Å²) in [6, 6.07) is 3.78. The molecule has 1 aromatic carbocycles. The van der Waals surface area contributed by atoms with E-state index in [0.717, 1.165) is 44.2 Å². The molecule has 1 aromatic heterocycles. The Morgan fingerprint density at radius 2 is 1.80 bits per heavy atom. The number of aromatic amines is 1. The molecular weight excluding hydrogens is 425 g/mol. The number of amides is 2. The summed E-state index contributed by atoms with van der Waals surface area (Å²) in [6.45, 7) is 2.26. The van der Waals surface area contributed by atoms with Gasteiger partial charge in [-0.1, -0.05) is 0 Å². The number of rotatable bonds is 5. The van der Waals surface area contributed by atoms with Crippen LogP contribution in [0, 0.1) is 0 Å². The molecule has 3 N–H and O–H groups in total. The second kappa shape index (κ2) is 8.01. The van der Waals surface area contributed by atoms with Gasteiger partial charge in [-0.25, -0.2) is 8.42 Å². The SMILES string of the molecule is CC(=O)Nc1ccc(NS(=O)(=O)c2c[nH]c(C(=O)N3CCCC3)c2)c(C(F)(F)F)c1. The van der Waals surface area contributed by atoms with Crippen molar-refractivity contribution in [2.45, 2.75) is 30.8 Å². The number of benzene rings is 1. The molecule has 1 aliphatic rings. The molecular formula is C18H19F3N4O4S. The molecule has 1 fully saturated rings. The molecule has 1 aliphatic heterocycles. The summed E-state index contributed by atoms with van der Waals surface area (Å²) in [5.41, 5.74) is -2.06. The summed E-state index contributed by atoms with van der Waals surface area (Å²) in [7, 11) is -4.41. The van der Waals surface area contributed by atoms with E-state index in [2.05, 4.69) is 10.3 Å². The van der Waals surface area contributed by atoms with E-state index in [1.807, 2.05) is 4.72 Å². The maximum absolute atomic E-state index is 13.4. The van der Waals surface area contributed by atoms with Crippen molar-refractivity contribution < 1.29 is 31.2 Å². The van der Waals surface area contributed by atoms with E-state index in [1.165, 1.54) is 0 Å². The maximum atomic E-state index is 13.4. The first-order valence-corrected chi connectivity index (χ1v) is 10.4. The Hall–Kier alpha value is -3.02. The molecule has 0 aliphatic carbocycles. The number of nitrogens with one attached hydrogen (secondary N) is 3. The number of H-pyrrole nitrogens is 1. The quantitative estimate of drug-likeness (QED) is 0.658. The third-order valence-corrected chi connectivity index (χ3v) is 5.83. The van der Waals surface area contributed by atoms with E-state index in [-0.39, 0.29) is 22.2 Å². The molecule has 8 nitrogen and oxygen atoms in total. The average Bonchev–Trinajstić information content (AvgIpc) is 3.33. The molecule has 0 spiro atoms. The Balaban J connectivity index is 1.88. The number of hydrogen-bond donors (Lipinski definition) is 3. The van der Waals surface area contributed by atoms with Crippen LogP contribution in [0.25, 0.3) is 0 Å². The minimum Gasteiger partial charge on any atom is -0.356 e. The van der Waals surface area contributed by atoms with Gasteiger partial charge in [-0.3, -0.25) is 14.3 Å². The van der Waals surface area contributed by atoms with Crippen LogP contribution >= 0.6 is 0 Å². The Morgan fingerprint density at radius 3 is 2.40 bits per heavy atom. The highest BCUT2D eigenvalue weighted by Crippen LogP contribution is 2.37. The fraction of sp³-hybridized carbons (Fsp3) is 0.333. The molecule has 1 saturated heterocycles. The van der Waals surface area contributed by atoms with Crippen LogP contribution in [0.3, 0.4) is 0 Å². The van der Waals surface area contributed by atoms with Gasteiger partial charge in [0, 0.05) is 31.9 Å². The Kier molecular flexibility index (Phi) is 5.79. The summed E-state index contributed by atoms with van der Waals surface area (Å²) >= 11 is 0. The van der Waals surface area contributed by atoms with Gasteiger partial charge in [-0.05, 0) is 37.1 Å². The van der Waals surface area contributed by atoms with Crippen molar-refractivity contribution in [3.05, 3.63) is 41.7 Å². The molecule has 2 heterocycles. The van der Waals surface area contributed by atoms with Crippen molar-refractivity contribution in [1.82, 2.24) is 9.88 Å². The fourth-order valence-corrected chi connectivity index (χ4v) is 4.17. The lowest BCUT2D eigenvalue weighted by molar-refractivity contribution is -0.136. The van der Waals surface area contributed by atoms with Gasteiger partial charge in [0.2, 0.25) is 5.91 Å². The van der Waals surface area contributed by atoms with Gasteiger partial charge in [0.15, 0.2) is 0 Å². The minimum atomic E-state index is -4.87. The van der Waals surface area contributed by atoms with Gasteiger partial charge in [0.05, 0.1) is 11.3 Å². The molecule has 0 bridgehead atoms. The van der Waals surface area contributed by atoms with Gasteiger partial charge in [0.25, 0.3) is 15.9 Å². The minimum absolute atomic E-state index is 0.0364. The number of likely N-dealkylation sites (tertiary alicyclic amines) is 1. The largest absolute Gasteiger partial charge is 0.418 e.